The molecule has 0 aromatic heterocycles. The number of anilines is 2. The van der Waals surface area contributed by atoms with E-state index in [9.17, 15) is 9.59 Å². The SMILES string of the molecule is CCOc1ccc(C(=O)NC(=S)Nc2cccc(NC(=O)CCc3ccccc3)c2)cc1Br. The van der Waals surface area contributed by atoms with E-state index in [4.69, 9.17) is 17.0 Å². The van der Waals surface area contributed by atoms with Gasteiger partial charge in [0, 0.05) is 23.4 Å². The molecule has 6 nitrogen and oxygen atoms in total. The van der Waals surface area contributed by atoms with Crippen LogP contribution in [0.1, 0.15) is 29.3 Å². The largest absolute Gasteiger partial charge is 0.493 e. The summed E-state index contributed by atoms with van der Waals surface area (Å²) in [6, 6.07) is 22.1. The van der Waals surface area contributed by atoms with Crippen LogP contribution in [0.15, 0.2) is 77.3 Å². The number of hydrogen-bond donors (Lipinski definition) is 3. The smallest absolute Gasteiger partial charge is 0.257 e. The Kier molecular flexibility index (Phi) is 8.97. The van der Waals surface area contributed by atoms with E-state index in [1.165, 1.54) is 0 Å². The van der Waals surface area contributed by atoms with Gasteiger partial charge in [0.25, 0.3) is 5.91 Å². The molecule has 33 heavy (non-hydrogen) atoms. The summed E-state index contributed by atoms with van der Waals surface area (Å²) in [4.78, 5) is 24.8. The molecule has 0 aliphatic heterocycles. The van der Waals surface area contributed by atoms with Crippen LogP contribution in [0.3, 0.4) is 0 Å². The van der Waals surface area contributed by atoms with E-state index >= 15 is 0 Å². The van der Waals surface area contributed by atoms with E-state index in [1.807, 2.05) is 37.3 Å². The molecule has 0 radical (unpaired) electrons. The number of benzene rings is 3. The Balaban J connectivity index is 1.52. The van der Waals surface area contributed by atoms with E-state index in [-0.39, 0.29) is 16.9 Å². The monoisotopic (exact) mass is 525 g/mol. The van der Waals surface area contributed by atoms with Crippen molar-refractivity contribution < 1.29 is 14.3 Å². The topological polar surface area (TPSA) is 79.5 Å². The average molecular weight is 526 g/mol. The lowest BCUT2D eigenvalue weighted by molar-refractivity contribution is -0.116. The van der Waals surface area contributed by atoms with Crippen molar-refractivity contribution in [3.63, 3.8) is 0 Å². The fourth-order valence-corrected chi connectivity index (χ4v) is 3.76. The normalized spacial score (nSPS) is 10.2. The second-order valence-corrected chi connectivity index (χ2v) is 8.36. The number of ether oxygens (including phenoxy) is 1. The number of halogens is 1. The Morgan fingerprint density at radius 3 is 2.36 bits per heavy atom. The Bertz CT molecular complexity index is 1140. The summed E-state index contributed by atoms with van der Waals surface area (Å²) >= 11 is 8.67. The molecule has 8 heteroatoms. The zero-order chi connectivity index (χ0) is 23.6. The molecule has 3 aromatic rings. The van der Waals surface area contributed by atoms with Gasteiger partial charge in [-0.05, 0) is 83.5 Å². The van der Waals surface area contributed by atoms with Crippen molar-refractivity contribution in [1.82, 2.24) is 5.32 Å². The molecule has 0 atom stereocenters. The highest BCUT2D eigenvalue weighted by atomic mass is 79.9. The third-order valence-electron chi connectivity index (χ3n) is 4.61. The summed E-state index contributed by atoms with van der Waals surface area (Å²) < 4.78 is 6.15. The van der Waals surface area contributed by atoms with Crippen molar-refractivity contribution in [3.05, 3.63) is 88.4 Å². The van der Waals surface area contributed by atoms with Crippen LogP contribution in [0.4, 0.5) is 11.4 Å². The first kappa shape index (κ1) is 24.4. The van der Waals surface area contributed by atoms with Crippen LogP contribution in [-0.2, 0) is 11.2 Å². The highest BCUT2D eigenvalue weighted by molar-refractivity contribution is 9.10. The van der Waals surface area contributed by atoms with Gasteiger partial charge in [-0.1, -0.05) is 36.4 Å². The number of amides is 2. The summed E-state index contributed by atoms with van der Waals surface area (Å²) in [5, 5.41) is 8.66. The van der Waals surface area contributed by atoms with Crippen LogP contribution in [-0.4, -0.2) is 23.5 Å². The summed E-state index contributed by atoms with van der Waals surface area (Å²) in [7, 11) is 0. The van der Waals surface area contributed by atoms with E-state index in [0.717, 1.165) is 5.56 Å². The van der Waals surface area contributed by atoms with E-state index < -0.39 is 0 Å². The molecule has 0 saturated heterocycles. The van der Waals surface area contributed by atoms with Gasteiger partial charge in [0.05, 0.1) is 11.1 Å². The van der Waals surface area contributed by atoms with Crippen LogP contribution in [0, 0.1) is 0 Å². The van der Waals surface area contributed by atoms with Crippen LogP contribution >= 0.6 is 28.1 Å². The fraction of sp³-hybridized carbons (Fsp3) is 0.160. The number of carbonyl (C=O) groups excluding carboxylic acids is 2. The molecule has 170 valence electrons. The van der Waals surface area contributed by atoms with Gasteiger partial charge in [0.15, 0.2) is 5.11 Å². The van der Waals surface area contributed by atoms with Crippen molar-refractivity contribution in [3.8, 4) is 5.75 Å². The minimum atomic E-state index is -0.346. The van der Waals surface area contributed by atoms with Crippen molar-refractivity contribution in [2.45, 2.75) is 19.8 Å². The second kappa shape index (κ2) is 12.1. The van der Waals surface area contributed by atoms with E-state index in [1.54, 1.807) is 42.5 Å². The number of thiocarbonyl (C=S) groups is 1. The van der Waals surface area contributed by atoms with E-state index in [2.05, 4.69) is 31.9 Å². The first-order valence-electron chi connectivity index (χ1n) is 10.4. The maximum atomic E-state index is 12.5. The van der Waals surface area contributed by atoms with Gasteiger partial charge >= 0.3 is 0 Å². The van der Waals surface area contributed by atoms with E-state index in [0.29, 0.717) is 46.6 Å². The van der Waals surface area contributed by atoms with Crippen molar-refractivity contribution >= 4 is 56.4 Å². The second-order valence-electron chi connectivity index (χ2n) is 7.10. The van der Waals surface area contributed by atoms with Gasteiger partial charge in [-0.3, -0.25) is 14.9 Å². The standard InChI is InChI=1S/C25H24BrN3O3S/c1-2-32-22-13-12-18(15-21(22)26)24(31)29-25(33)28-20-10-6-9-19(16-20)27-23(30)14-11-17-7-4-3-5-8-17/h3-10,12-13,15-16H,2,11,14H2,1H3,(H,27,30)(H2,28,29,31,33). The highest BCUT2D eigenvalue weighted by Gasteiger charge is 2.11. The van der Waals surface area contributed by atoms with Crippen molar-refractivity contribution in [2.24, 2.45) is 0 Å². The predicted octanol–water partition coefficient (Wildman–Crippen LogP) is 5.55. The van der Waals surface area contributed by atoms with Gasteiger partial charge in [0.1, 0.15) is 5.75 Å². The zero-order valence-electron chi connectivity index (χ0n) is 18.1. The molecule has 0 heterocycles. The molecule has 3 aromatic carbocycles. The van der Waals surface area contributed by atoms with Crippen LogP contribution in [0.25, 0.3) is 0 Å². The molecule has 3 rings (SSSR count). The lowest BCUT2D eigenvalue weighted by Gasteiger charge is -2.12. The molecule has 0 aliphatic rings. The minimum absolute atomic E-state index is 0.0760. The number of rotatable bonds is 8. The van der Waals surface area contributed by atoms with Crippen LogP contribution in [0.2, 0.25) is 0 Å². The summed E-state index contributed by atoms with van der Waals surface area (Å²) in [6.45, 7) is 2.42. The van der Waals surface area contributed by atoms with Gasteiger partial charge in [-0.15, -0.1) is 0 Å². The summed E-state index contributed by atoms with van der Waals surface area (Å²) in [5.41, 5.74) is 2.84. The quantitative estimate of drug-likeness (QED) is 0.336. The molecular formula is C25H24BrN3O3S. The third kappa shape index (κ3) is 7.69. The van der Waals surface area contributed by atoms with Crippen molar-refractivity contribution in [1.29, 1.82) is 0 Å². The zero-order valence-corrected chi connectivity index (χ0v) is 20.5. The van der Waals surface area contributed by atoms with Gasteiger partial charge in [0.2, 0.25) is 5.91 Å². The van der Waals surface area contributed by atoms with Crippen LogP contribution in [0.5, 0.6) is 5.75 Å². The number of carbonyl (C=O) groups is 2. The highest BCUT2D eigenvalue weighted by Crippen LogP contribution is 2.26. The van der Waals surface area contributed by atoms with Gasteiger partial charge in [-0.2, -0.15) is 0 Å². The molecular weight excluding hydrogens is 502 g/mol. The van der Waals surface area contributed by atoms with Crippen LogP contribution < -0.4 is 20.7 Å². The van der Waals surface area contributed by atoms with Gasteiger partial charge < -0.3 is 15.4 Å². The molecule has 0 bridgehead atoms. The average Bonchev–Trinajstić information content (AvgIpc) is 2.80. The lowest BCUT2D eigenvalue weighted by Crippen LogP contribution is -2.34. The molecule has 0 fully saturated rings. The fourth-order valence-electron chi connectivity index (χ4n) is 3.05. The molecule has 0 saturated carbocycles. The summed E-state index contributed by atoms with van der Waals surface area (Å²) in [6.07, 6.45) is 1.05. The summed E-state index contributed by atoms with van der Waals surface area (Å²) in [5.74, 6) is 0.243. The Hall–Kier alpha value is -3.23. The molecule has 2 amide bonds. The maximum Gasteiger partial charge on any atom is 0.257 e. The molecule has 3 N–H and O–H groups in total. The lowest BCUT2D eigenvalue weighted by atomic mass is 10.1. The third-order valence-corrected chi connectivity index (χ3v) is 5.43. The Labute approximate surface area is 206 Å². The molecule has 0 spiro atoms. The maximum absolute atomic E-state index is 12.5. The molecule has 0 unspecified atom stereocenters. The number of nitrogens with one attached hydrogen (secondary N) is 3. The Morgan fingerprint density at radius 2 is 1.67 bits per heavy atom. The first-order chi connectivity index (χ1) is 15.9. The molecule has 0 aliphatic carbocycles. The predicted molar refractivity (Wildman–Crippen MR) is 139 cm³/mol. The Morgan fingerprint density at radius 1 is 0.939 bits per heavy atom. The first-order valence-corrected chi connectivity index (χ1v) is 11.6. The van der Waals surface area contributed by atoms with Crippen molar-refractivity contribution in [2.75, 3.05) is 17.2 Å². The van der Waals surface area contributed by atoms with Gasteiger partial charge in [-0.25, -0.2) is 0 Å². The number of aryl methyl sites for hydroxylation is 1. The number of hydrogen-bond acceptors (Lipinski definition) is 4. The minimum Gasteiger partial charge on any atom is -0.493 e.